The van der Waals surface area contributed by atoms with Crippen molar-refractivity contribution in [1.29, 1.82) is 0 Å². The lowest BCUT2D eigenvalue weighted by atomic mass is 9.93. The summed E-state index contributed by atoms with van der Waals surface area (Å²) in [4.78, 5) is 24.0. The van der Waals surface area contributed by atoms with Crippen molar-refractivity contribution in [1.82, 2.24) is 14.9 Å². The Bertz CT molecular complexity index is 1010. The summed E-state index contributed by atoms with van der Waals surface area (Å²) in [6.45, 7) is 0.720. The molecule has 2 heterocycles. The lowest BCUT2D eigenvalue weighted by Gasteiger charge is -2.36. The van der Waals surface area contributed by atoms with E-state index < -0.39 is 0 Å². The summed E-state index contributed by atoms with van der Waals surface area (Å²) in [5, 5.41) is 0. The van der Waals surface area contributed by atoms with Crippen LogP contribution in [-0.4, -0.2) is 34.4 Å². The van der Waals surface area contributed by atoms with Gasteiger partial charge in [-0.2, -0.15) is 0 Å². The average Bonchev–Trinajstić information content (AvgIpc) is 2.80. The highest BCUT2D eigenvalue weighted by molar-refractivity contribution is 5.80. The number of methoxy groups -OCH3 is 1. The number of aromatic nitrogens is 2. The van der Waals surface area contributed by atoms with E-state index in [1.165, 1.54) is 0 Å². The number of rotatable bonds is 5. The van der Waals surface area contributed by atoms with E-state index in [9.17, 15) is 4.79 Å². The summed E-state index contributed by atoms with van der Waals surface area (Å²) >= 11 is 0. The number of carbonyl (C=O) groups excluding carboxylic acids is 1. The van der Waals surface area contributed by atoms with E-state index in [1.807, 2.05) is 59.5 Å². The SMILES string of the molecule is COc1ccc(CC(=O)N2CCCC[C@H]2c2nc(N)ncc2-c2ccccc2)cc1. The first-order chi connectivity index (χ1) is 14.7. The van der Waals surface area contributed by atoms with Crippen LogP contribution < -0.4 is 10.5 Å². The topological polar surface area (TPSA) is 81.3 Å². The highest BCUT2D eigenvalue weighted by Crippen LogP contribution is 2.36. The van der Waals surface area contributed by atoms with Crippen LogP contribution >= 0.6 is 0 Å². The van der Waals surface area contributed by atoms with Crippen molar-refractivity contribution in [3.05, 3.63) is 72.1 Å². The maximum Gasteiger partial charge on any atom is 0.227 e. The third kappa shape index (κ3) is 4.27. The van der Waals surface area contributed by atoms with Gasteiger partial charge in [-0.05, 0) is 42.5 Å². The Morgan fingerprint density at radius 3 is 2.63 bits per heavy atom. The summed E-state index contributed by atoms with van der Waals surface area (Å²) in [6.07, 6.45) is 5.03. The van der Waals surface area contributed by atoms with Crippen molar-refractivity contribution in [2.45, 2.75) is 31.7 Å². The minimum absolute atomic E-state index is 0.0982. The largest absolute Gasteiger partial charge is 0.497 e. The second kappa shape index (κ2) is 8.95. The van der Waals surface area contributed by atoms with Crippen molar-refractivity contribution in [2.24, 2.45) is 0 Å². The first kappa shape index (κ1) is 19.9. The number of anilines is 1. The predicted molar refractivity (Wildman–Crippen MR) is 117 cm³/mol. The van der Waals surface area contributed by atoms with E-state index in [1.54, 1.807) is 13.3 Å². The van der Waals surface area contributed by atoms with Gasteiger partial charge >= 0.3 is 0 Å². The first-order valence-electron chi connectivity index (χ1n) is 10.3. The van der Waals surface area contributed by atoms with E-state index in [2.05, 4.69) is 9.97 Å². The van der Waals surface area contributed by atoms with E-state index >= 15 is 0 Å². The van der Waals surface area contributed by atoms with Gasteiger partial charge in [0, 0.05) is 18.3 Å². The normalized spacial score (nSPS) is 16.3. The fourth-order valence-corrected chi connectivity index (χ4v) is 4.04. The molecule has 3 aromatic rings. The minimum atomic E-state index is -0.106. The summed E-state index contributed by atoms with van der Waals surface area (Å²) in [5.74, 6) is 1.12. The number of piperidine rings is 1. The van der Waals surface area contributed by atoms with E-state index in [4.69, 9.17) is 10.5 Å². The molecule has 1 aromatic heterocycles. The smallest absolute Gasteiger partial charge is 0.227 e. The number of nitrogen functional groups attached to an aromatic ring is 1. The van der Waals surface area contributed by atoms with E-state index in [0.717, 1.165) is 53.9 Å². The maximum atomic E-state index is 13.3. The Labute approximate surface area is 176 Å². The molecule has 154 valence electrons. The first-order valence-corrected chi connectivity index (χ1v) is 10.3. The Kier molecular flexibility index (Phi) is 5.93. The van der Waals surface area contributed by atoms with Gasteiger partial charge in [0.25, 0.3) is 0 Å². The van der Waals surface area contributed by atoms with E-state index in [-0.39, 0.29) is 17.9 Å². The number of nitrogens with zero attached hydrogens (tertiary/aromatic N) is 3. The Balaban J connectivity index is 1.64. The van der Waals surface area contributed by atoms with Crippen molar-refractivity contribution in [3.8, 4) is 16.9 Å². The highest BCUT2D eigenvalue weighted by Gasteiger charge is 2.31. The van der Waals surface area contributed by atoms with Crippen LogP contribution in [-0.2, 0) is 11.2 Å². The monoisotopic (exact) mass is 402 g/mol. The molecule has 0 saturated carbocycles. The van der Waals surface area contributed by atoms with Crippen LogP contribution in [0.3, 0.4) is 0 Å². The van der Waals surface area contributed by atoms with Gasteiger partial charge in [0.15, 0.2) is 0 Å². The summed E-state index contributed by atoms with van der Waals surface area (Å²) < 4.78 is 5.21. The Hall–Kier alpha value is -3.41. The molecule has 1 amide bonds. The van der Waals surface area contributed by atoms with Gasteiger partial charge in [-0.15, -0.1) is 0 Å². The lowest BCUT2D eigenvalue weighted by Crippen LogP contribution is -2.40. The van der Waals surface area contributed by atoms with Crippen molar-refractivity contribution >= 4 is 11.9 Å². The molecule has 4 rings (SSSR count). The zero-order chi connectivity index (χ0) is 20.9. The number of hydrogen-bond donors (Lipinski definition) is 1. The summed E-state index contributed by atoms with van der Waals surface area (Å²) in [6, 6.07) is 17.6. The number of likely N-dealkylation sites (tertiary alicyclic amines) is 1. The molecular formula is C24H26N4O2. The summed E-state index contributed by atoms with van der Waals surface area (Å²) in [5.41, 5.74) is 9.70. The fraction of sp³-hybridized carbons (Fsp3) is 0.292. The zero-order valence-corrected chi connectivity index (χ0v) is 17.1. The van der Waals surface area contributed by atoms with Crippen LogP contribution in [0.15, 0.2) is 60.8 Å². The number of carbonyl (C=O) groups is 1. The van der Waals surface area contributed by atoms with Gasteiger partial charge in [-0.25, -0.2) is 9.97 Å². The standard InChI is InChI=1S/C24H26N4O2/c1-30-19-12-10-17(11-13-19)15-22(29)28-14-6-5-9-21(28)23-20(16-26-24(25)27-23)18-7-3-2-4-8-18/h2-4,7-8,10-13,16,21H,5-6,9,14-15H2,1H3,(H2,25,26,27)/t21-/m0/s1. The van der Waals surface area contributed by atoms with Gasteiger partial charge in [-0.1, -0.05) is 42.5 Å². The van der Waals surface area contributed by atoms with Gasteiger partial charge in [0.1, 0.15) is 5.75 Å². The molecule has 1 saturated heterocycles. The number of hydrogen-bond acceptors (Lipinski definition) is 5. The molecule has 0 spiro atoms. The van der Waals surface area contributed by atoms with Crippen LogP contribution in [0.25, 0.3) is 11.1 Å². The summed E-state index contributed by atoms with van der Waals surface area (Å²) in [7, 11) is 1.64. The Morgan fingerprint density at radius 2 is 1.90 bits per heavy atom. The van der Waals surface area contributed by atoms with Crippen LogP contribution in [0, 0.1) is 0 Å². The molecule has 1 fully saturated rings. The molecule has 1 aliphatic heterocycles. The molecule has 1 aliphatic rings. The van der Waals surface area contributed by atoms with Gasteiger partial charge in [0.2, 0.25) is 11.9 Å². The second-order valence-corrected chi connectivity index (χ2v) is 7.52. The Morgan fingerprint density at radius 1 is 1.13 bits per heavy atom. The van der Waals surface area contributed by atoms with Crippen molar-refractivity contribution in [3.63, 3.8) is 0 Å². The number of amides is 1. The molecule has 30 heavy (non-hydrogen) atoms. The third-order valence-corrected chi connectivity index (χ3v) is 5.57. The van der Waals surface area contributed by atoms with Crippen LogP contribution in [0.4, 0.5) is 5.95 Å². The van der Waals surface area contributed by atoms with Crippen molar-refractivity contribution < 1.29 is 9.53 Å². The molecule has 2 aromatic carbocycles. The maximum absolute atomic E-state index is 13.3. The van der Waals surface area contributed by atoms with Gasteiger partial charge < -0.3 is 15.4 Å². The molecule has 0 radical (unpaired) electrons. The molecule has 2 N–H and O–H groups in total. The third-order valence-electron chi connectivity index (χ3n) is 5.57. The fourth-order valence-electron chi connectivity index (χ4n) is 4.04. The molecule has 1 atom stereocenters. The molecular weight excluding hydrogens is 376 g/mol. The van der Waals surface area contributed by atoms with Crippen LogP contribution in [0.1, 0.15) is 36.6 Å². The molecule has 0 bridgehead atoms. The van der Waals surface area contributed by atoms with E-state index in [0.29, 0.717) is 6.42 Å². The predicted octanol–water partition coefficient (Wildman–Crippen LogP) is 4.03. The highest BCUT2D eigenvalue weighted by atomic mass is 16.5. The quantitative estimate of drug-likeness (QED) is 0.697. The van der Waals surface area contributed by atoms with Gasteiger partial charge in [-0.3, -0.25) is 4.79 Å². The number of ether oxygens (including phenoxy) is 1. The lowest BCUT2D eigenvalue weighted by molar-refractivity contribution is -0.134. The van der Waals surface area contributed by atoms with Crippen LogP contribution in [0.2, 0.25) is 0 Å². The van der Waals surface area contributed by atoms with Crippen molar-refractivity contribution in [2.75, 3.05) is 19.4 Å². The molecule has 6 heteroatoms. The minimum Gasteiger partial charge on any atom is -0.497 e. The zero-order valence-electron chi connectivity index (χ0n) is 17.1. The van der Waals surface area contributed by atoms with Gasteiger partial charge in [0.05, 0.1) is 25.3 Å². The molecule has 6 nitrogen and oxygen atoms in total. The van der Waals surface area contributed by atoms with Crippen LogP contribution in [0.5, 0.6) is 5.75 Å². The second-order valence-electron chi connectivity index (χ2n) is 7.52. The molecule has 0 unspecified atom stereocenters. The number of benzene rings is 2. The number of nitrogens with two attached hydrogens (primary N) is 1. The average molecular weight is 402 g/mol. The molecule has 0 aliphatic carbocycles.